The van der Waals surface area contributed by atoms with Gasteiger partial charge < -0.3 is 10.1 Å². The van der Waals surface area contributed by atoms with E-state index in [1.807, 2.05) is 22.9 Å². The van der Waals surface area contributed by atoms with Crippen LogP contribution >= 0.6 is 0 Å². The third-order valence-corrected chi connectivity index (χ3v) is 3.31. The van der Waals surface area contributed by atoms with Crippen LogP contribution in [0.15, 0.2) is 36.8 Å². The van der Waals surface area contributed by atoms with Gasteiger partial charge >= 0.3 is 0 Å². The summed E-state index contributed by atoms with van der Waals surface area (Å²) in [6.45, 7) is 3.37. The fourth-order valence-corrected chi connectivity index (χ4v) is 2.23. The molecule has 0 saturated carbocycles. The van der Waals surface area contributed by atoms with Gasteiger partial charge in [0.25, 0.3) is 0 Å². The molecule has 6 nitrogen and oxygen atoms in total. The van der Waals surface area contributed by atoms with Gasteiger partial charge in [-0.3, -0.25) is 0 Å². The largest absolute Gasteiger partial charge is 0.383 e. The Morgan fingerprint density at radius 2 is 2.10 bits per heavy atom. The number of nitrogens with one attached hydrogen (secondary N) is 1. The lowest BCUT2D eigenvalue weighted by atomic mass is 10.2. The predicted octanol–water partition coefficient (Wildman–Crippen LogP) is 2.18. The van der Waals surface area contributed by atoms with Crippen molar-refractivity contribution in [1.29, 1.82) is 0 Å². The number of hydrogen-bond donors (Lipinski definition) is 1. The number of nitrogens with zero attached hydrogens (tertiary/aromatic N) is 4. The summed E-state index contributed by atoms with van der Waals surface area (Å²) >= 11 is 0. The van der Waals surface area contributed by atoms with Crippen LogP contribution in [-0.4, -0.2) is 40.0 Å². The molecule has 2 aromatic heterocycles. The molecule has 2 heterocycles. The summed E-state index contributed by atoms with van der Waals surface area (Å²) in [5, 5.41) is 8.60. The summed E-state index contributed by atoms with van der Waals surface area (Å²) in [6, 6.07) is 8.09. The van der Waals surface area contributed by atoms with Crippen LogP contribution in [0.3, 0.4) is 0 Å². The number of hydrogen-bond acceptors (Lipinski definition) is 5. The molecule has 0 bridgehead atoms. The molecule has 108 valence electrons. The lowest BCUT2D eigenvalue weighted by Gasteiger charge is -2.07. The van der Waals surface area contributed by atoms with Crippen molar-refractivity contribution in [2.24, 2.45) is 0 Å². The number of methoxy groups -OCH3 is 1. The van der Waals surface area contributed by atoms with E-state index in [-0.39, 0.29) is 0 Å². The monoisotopic (exact) mass is 283 g/mol. The SMILES string of the molecule is COCCNc1ncnc2c1cnn2-c1ccccc1C. The minimum Gasteiger partial charge on any atom is -0.383 e. The maximum atomic E-state index is 5.04. The number of aryl methyl sites for hydroxylation is 1. The van der Waals surface area contributed by atoms with E-state index in [1.165, 1.54) is 0 Å². The first-order valence-corrected chi connectivity index (χ1v) is 6.79. The normalized spacial score (nSPS) is 11.0. The summed E-state index contributed by atoms with van der Waals surface area (Å²) in [4.78, 5) is 8.64. The van der Waals surface area contributed by atoms with E-state index in [9.17, 15) is 0 Å². The van der Waals surface area contributed by atoms with Crippen LogP contribution in [0.25, 0.3) is 16.7 Å². The lowest BCUT2D eigenvalue weighted by Crippen LogP contribution is -2.09. The van der Waals surface area contributed by atoms with Crippen LogP contribution in [-0.2, 0) is 4.74 Å². The Labute approximate surface area is 122 Å². The molecule has 3 rings (SSSR count). The second-order valence-electron chi connectivity index (χ2n) is 4.72. The number of rotatable bonds is 5. The highest BCUT2D eigenvalue weighted by molar-refractivity contribution is 5.87. The van der Waals surface area contributed by atoms with Crippen molar-refractivity contribution >= 4 is 16.9 Å². The van der Waals surface area contributed by atoms with Gasteiger partial charge in [0.2, 0.25) is 0 Å². The molecular formula is C15H17N5O. The van der Waals surface area contributed by atoms with Gasteiger partial charge in [0.05, 0.1) is 23.9 Å². The van der Waals surface area contributed by atoms with Gasteiger partial charge in [0.1, 0.15) is 12.1 Å². The molecule has 0 fully saturated rings. The highest BCUT2D eigenvalue weighted by Gasteiger charge is 2.11. The fraction of sp³-hybridized carbons (Fsp3) is 0.267. The standard InChI is InChI=1S/C15H17N5O/c1-11-5-3-4-6-13(11)20-15-12(9-19-20)14(17-10-18-15)16-7-8-21-2/h3-6,9-10H,7-8H2,1-2H3,(H,16,17,18). The second-order valence-corrected chi connectivity index (χ2v) is 4.72. The first-order valence-electron chi connectivity index (χ1n) is 6.79. The Bertz CT molecular complexity index is 753. The van der Waals surface area contributed by atoms with Gasteiger partial charge in [0, 0.05) is 13.7 Å². The molecule has 0 aliphatic heterocycles. The highest BCUT2D eigenvalue weighted by atomic mass is 16.5. The first-order chi connectivity index (χ1) is 10.3. The van der Waals surface area contributed by atoms with E-state index >= 15 is 0 Å². The molecule has 21 heavy (non-hydrogen) atoms. The summed E-state index contributed by atoms with van der Waals surface area (Å²) in [5.41, 5.74) is 2.96. The van der Waals surface area contributed by atoms with Gasteiger partial charge in [0.15, 0.2) is 5.65 Å². The van der Waals surface area contributed by atoms with Crippen molar-refractivity contribution in [3.8, 4) is 5.69 Å². The molecule has 6 heteroatoms. The van der Waals surface area contributed by atoms with Crippen molar-refractivity contribution in [3.63, 3.8) is 0 Å². The van der Waals surface area contributed by atoms with Crippen molar-refractivity contribution in [1.82, 2.24) is 19.7 Å². The summed E-state index contributed by atoms with van der Waals surface area (Å²) in [6.07, 6.45) is 3.34. The maximum Gasteiger partial charge on any atom is 0.168 e. The Morgan fingerprint density at radius 3 is 2.90 bits per heavy atom. The molecule has 0 aliphatic carbocycles. The molecule has 0 amide bonds. The molecular weight excluding hydrogens is 266 g/mol. The predicted molar refractivity (Wildman–Crippen MR) is 81.8 cm³/mol. The molecule has 0 unspecified atom stereocenters. The fourth-order valence-electron chi connectivity index (χ4n) is 2.23. The zero-order chi connectivity index (χ0) is 14.7. The summed E-state index contributed by atoms with van der Waals surface area (Å²) in [5.74, 6) is 0.775. The third-order valence-electron chi connectivity index (χ3n) is 3.31. The molecule has 0 spiro atoms. The van der Waals surface area contributed by atoms with Gasteiger partial charge in [-0.2, -0.15) is 5.10 Å². The van der Waals surface area contributed by atoms with Crippen LogP contribution < -0.4 is 5.32 Å². The molecule has 1 aromatic carbocycles. The topological polar surface area (TPSA) is 64.9 Å². The second kappa shape index (κ2) is 5.88. The van der Waals surface area contributed by atoms with Crippen molar-refractivity contribution in [2.45, 2.75) is 6.92 Å². The van der Waals surface area contributed by atoms with Crippen LogP contribution in [0.5, 0.6) is 0 Å². The van der Waals surface area contributed by atoms with Gasteiger partial charge in [-0.05, 0) is 18.6 Å². The van der Waals surface area contributed by atoms with E-state index in [0.717, 1.165) is 28.1 Å². The van der Waals surface area contributed by atoms with Crippen molar-refractivity contribution in [3.05, 3.63) is 42.4 Å². The number of para-hydroxylation sites is 1. The number of benzene rings is 1. The van der Waals surface area contributed by atoms with E-state index in [1.54, 1.807) is 19.6 Å². The van der Waals surface area contributed by atoms with Gasteiger partial charge in [-0.25, -0.2) is 14.6 Å². The lowest BCUT2D eigenvalue weighted by molar-refractivity contribution is 0.210. The first kappa shape index (κ1) is 13.5. The quantitative estimate of drug-likeness (QED) is 0.727. The minimum atomic E-state index is 0.622. The van der Waals surface area contributed by atoms with Crippen LogP contribution in [0, 0.1) is 6.92 Å². The average Bonchev–Trinajstić information content (AvgIpc) is 2.93. The Hall–Kier alpha value is -2.47. The van der Waals surface area contributed by atoms with Crippen molar-refractivity contribution in [2.75, 3.05) is 25.6 Å². The molecule has 0 radical (unpaired) electrons. The van der Waals surface area contributed by atoms with Crippen molar-refractivity contribution < 1.29 is 4.74 Å². The zero-order valence-electron chi connectivity index (χ0n) is 12.1. The van der Waals surface area contributed by atoms with Gasteiger partial charge in [-0.15, -0.1) is 0 Å². The molecule has 3 aromatic rings. The third kappa shape index (κ3) is 2.57. The van der Waals surface area contributed by atoms with E-state index in [4.69, 9.17) is 4.74 Å². The van der Waals surface area contributed by atoms with E-state index < -0.39 is 0 Å². The minimum absolute atomic E-state index is 0.622. The van der Waals surface area contributed by atoms with Crippen LogP contribution in [0.1, 0.15) is 5.56 Å². The molecule has 0 saturated heterocycles. The number of fused-ring (bicyclic) bond motifs is 1. The Balaban J connectivity index is 2.03. The van der Waals surface area contributed by atoms with E-state index in [0.29, 0.717) is 13.2 Å². The summed E-state index contributed by atoms with van der Waals surface area (Å²) < 4.78 is 6.88. The number of aromatic nitrogens is 4. The van der Waals surface area contributed by atoms with E-state index in [2.05, 4.69) is 33.4 Å². The molecule has 0 atom stereocenters. The number of anilines is 1. The number of ether oxygens (including phenoxy) is 1. The summed E-state index contributed by atoms with van der Waals surface area (Å²) in [7, 11) is 1.67. The molecule has 0 aliphatic rings. The highest BCUT2D eigenvalue weighted by Crippen LogP contribution is 2.22. The Morgan fingerprint density at radius 1 is 1.24 bits per heavy atom. The van der Waals surface area contributed by atoms with Gasteiger partial charge in [-0.1, -0.05) is 18.2 Å². The Kier molecular flexibility index (Phi) is 3.79. The maximum absolute atomic E-state index is 5.04. The zero-order valence-corrected chi connectivity index (χ0v) is 12.1. The van der Waals surface area contributed by atoms with Crippen LogP contribution in [0.2, 0.25) is 0 Å². The smallest absolute Gasteiger partial charge is 0.168 e. The van der Waals surface area contributed by atoms with Crippen LogP contribution in [0.4, 0.5) is 5.82 Å². The average molecular weight is 283 g/mol. The molecule has 1 N–H and O–H groups in total.